The fourth-order valence-corrected chi connectivity index (χ4v) is 1.56. The van der Waals surface area contributed by atoms with E-state index in [4.69, 9.17) is 20.4 Å². The lowest BCUT2D eigenvalue weighted by Crippen LogP contribution is -2.46. The van der Waals surface area contributed by atoms with Crippen molar-refractivity contribution >= 4 is 23.9 Å². The number of carboxylic acid groups (broad SMARTS) is 4. The molecule has 0 aromatic rings. The predicted molar refractivity (Wildman–Crippen MR) is 54.0 cm³/mol. The third kappa shape index (κ3) is 2.30. The fraction of sp³-hybridized carbons (Fsp3) is 0.200. The number of rotatable bonds is 4. The van der Waals surface area contributed by atoms with Gasteiger partial charge in [-0.3, -0.25) is 4.79 Å². The van der Waals surface area contributed by atoms with Crippen molar-refractivity contribution in [3.63, 3.8) is 0 Å². The molecule has 9 heteroatoms. The van der Waals surface area contributed by atoms with Crippen molar-refractivity contribution in [2.75, 3.05) is 0 Å². The first kappa shape index (κ1) is 14.4. The van der Waals surface area contributed by atoms with Crippen molar-refractivity contribution in [1.82, 2.24) is 0 Å². The second-order valence-electron chi connectivity index (χ2n) is 3.64. The highest BCUT2D eigenvalue weighted by Crippen LogP contribution is 2.35. The molecular formula is C10H7FO8. The van der Waals surface area contributed by atoms with Crippen LogP contribution in [-0.2, 0) is 19.2 Å². The van der Waals surface area contributed by atoms with E-state index in [1.165, 1.54) is 0 Å². The van der Waals surface area contributed by atoms with Crippen LogP contribution in [0.15, 0.2) is 23.3 Å². The van der Waals surface area contributed by atoms with Gasteiger partial charge in [-0.15, -0.1) is 0 Å². The molecule has 2 atom stereocenters. The molecule has 1 aliphatic carbocycles. The van der Waals surface area contributed by atoms with Crippen LogP contribution < -0.4 is 0 Å². The minimum absolute atomic E-state index is 0.0140. The molecule has 0 aromatic heterocycles. The molecule has 0 fully saturated rings. The normalized spacial score (nSPS) is 26.1. The molecule has 0 saturated carbocycles. The van der Waals surface area contributed by atoms with E-state index in [9.17, 15) is 23.6 Å². The van der Waals surface area contributed by atoms with Gasteiger partial charge in [-0.25, -0.2) is 18.8 Å². The molecule has 2 unspecified atom stereocenters. The lowest BCUT2D eigenvalue weighted by molar-refractivity contribution is -0.158. The van der Waals surface area contributed by atoms with Crippen molar-refractivity contribution in [2.45, 2.75) is 5.67 Å². The molecule has 0 radical (unpaired) electrons. The lowest BCUT2D eigenvalue weighted by Gasteiger charge is -2.26. The zero-order valence-corrected chi connectivity index (χ0v) is 9.03. The Morgan fingerprint density at radius 1 is 1.00 bits per heavy atom. The van der Waals surface area contributed by atoms with E-state index < -0.39 is 46.6 Å². The Kier molecular flexibility index (Phi) is 3.41. The van der Waals surface area contributed by atoms with E-state index >= 15 is 0 Å². The second-order valence-corrected chi connectivity index (χ2v) is 3.64. The van der Waals surface area contributed by atoms with Gasteiger partial charge in [0.05, 0.1) is 11.1 Å². The van der Waals surface area contributed by atoms with Gasteiger partial charge in [0.1, 0.15) is 5.92 Å². The Morgan fingerprint density at radius 2 is 1.47 bits per heavy atom. The first-order chi connectivity index (χ1) is 8.61. The number of hydrogen-bond donors (Lipinski definition) is 4. The zero-order valence-electron chi connectivity index (χ0n) is 9.03. The van der Waals surface area contributed by atoms with E-state index in [2.05, 4.69) is 0 Å². The minimum Gasteiger partial charge on any atom is -0.481 e. The maximum absolute atomic E-state index is 14.1. The number of carbonyl (C=O) groups is 4. The largest absolute Gasteiger partial charge is 0.481 e. The Hall–Kier alpha value is -2.71. The van der Waals surface area contributed by atoms with E-state index in [1.54, 1.807) is 0 Å². The fourth-order valence-electron chi connectivity index (χ4n) is 1.56. The third-order valence-corrected chi connectivity index (χ3v) is 2.49. The molecule has 0 saturated heterocycles. The summed E-state index contributed by atoms with van der Waals surface area (Å²) in [6.45, 7) is 0. The SMILES string of the molecule is O=C(O)C1=CC(C(=O)O)C(F)(C(=O)O)C=C1C(=O)O. The third-order valence-electron chi connectivity index (χ3n) is 2.49. The maximum Gasteiger partial charge on any atom is 0.346 e. The average molecular weight is 274 g/mol. The van der Waals surface area contributed by atoms with Crippen molar-refractivity contribution in [2.24, 2.45) is 5.92 Å². The number of hydrogen-bond acceptors (Lipinski definition) is 4. The number of aliphatic carboxylic acids is 4. The van der Waals surface area contributed by atoms with Gasteiger partial charge >= 0.3 is 23.9 Å². The van der Waals surface area contributed by atoms with Crippen LogP contribution in [0, 0.1) is 5.92 Å². The van der Waals surface area contributed by atoms with Crippen molar-refractivity contribution < 1.29 is 44.0 Å². The van der Waals surface area contributed by atoms with Gasteiger partial charge in [0.2, 0.25) is 5.67 Å². The smallest absolute Gasteiger partial charge is 0.346 e. The summed E-state index contributed by atoms with van der Waals surface area (Å²) in [7, 11) is 0. The Labute approximate surface area is 104 Å². The number of alkyl halides is 1. The number of halogens is 1. The maximum atomic E-state index is 14.1. The van der Waals surface area contributed by atoms with Crippen molar-refractivity contribution in [3.05, 3.63) is 23.3 Å². The Balaban J connectivity index is 3.54. The van der Waals surface area contributed by atoms with Crippen LogP contribution in [0.4, 0.5) is 4.39 Å². The van der Waals surface area contributed by atoms with Gasteiger partial charge in [-0.05, 0) is 6.08 Å². The molecule has 102 valence electrons. The molecule has 1 aliphatic rings. The van der Waals surface area contributed by atoms with Crippen LogP contribution in [0.3, 0.4) is 0 Å². The van der Waals surface area contributed by atoms with E-state index in [0.717, 1.165) is 0 Å². The van der Waals surface area contributed by atoms with Crippen LogP contribution in [0.2, 0.25) is 0 Å². The summed E-state index contributed by atoms with van der Waals surface area (Å²) in [6.07, 6.45) is 0.252. The van der Waals surface area contributed by atoms with Crippen LogP contribution in [0.1, 0.15) is 0 Å². The summed E-state index contributed by atoms with van der Waals surface area (Å²) >= 11 is 0. The molecule has 19 heavy (non-hydrogen) atoms. The van der Waals surface area contributed by atoms with Gasteiger partial charge in [0.25, 0.3) is 0 Å². The Morgan fingerprint density at radius 3 is 1.79 bits per heavy atom. The molecule has 0 aromatic carbocycles. The highest BCUT2D eigenvalue weighted by atomic mass is 19.1. The first-order valence-electron chi connectivity index (χ1n) is 4.68. The van der Waals surface area contributed by atoms with Crippen LogP contribution in [-0.4, -0.2) is 50.0 Å². The predicted octanol–water partition coefficient (Wildman–Crippen LogP) is -0.484. The molecule has 0 spiro atoms. The minimum atomic E-state index is -3.53. The lowest BCUT2D eigenvalue weighted by atomic mass is 9.79. The standard InChI is InChI=1S/C10H7FO8/c11-10(9(18)19)2-4(7(14)15)3(6(12)13)1-5(10)8(16)17/h1-2,5H,(H,12,13)(H,14,15)(H,16,17)(H,18,19). The summed E-state index contributed by atoms with van der Waals surface area (Å²) < 4.78 is 14.1. The van der Waals surface area contributed by atoms with Gasteiger partial charge in [0, 0.05) is 0 Å². The summed E-state index contributed by atoms with van der Waals surface area (Å²) in [4.78, 5) is 43.1. The van der Waals surface area contributed by atoms with Gasteiger partial charge < -0.3 is 20.4 Å². The molecule has 0 aliphatic heterocycles. The molecule has 0 bridgehead atoms. The van der Waals surface area contributed by atoms with Crippen LogP contribution in [0.25, 0.3) is 0 Å². The highest BCUT2D eigenvalue weighted by Gasteiger charge is 2.52. The molecular weight excluding hydrogens is 267 g/mol. The summed E-state index contributed by atoms with van der Waals surface area (Å²) in [6, 6.07) is 0. The molecule has 0 amide bonds. The molecule has 4 N–H and O–H groups in total. The zero-order chi connectivity index (χ0) is 15.0. The highest BCUT2D eigenvalue weighted by molar-refractivity contribution is 6.08. The summed E-state index contributed by atoms with van der Waals surface area (Å²) in [5, 5.41) is 34.9. The van der Waals surface area contributed by atoms with Crippen molar-refractivity contribution in [3.8, 4) is 0 Å². The molecule has 0 heterocycles. The second kappa shape index (κ2) is 4.52. The molecule has 8 nitrogen and oxygen atoms in total. The van der Waals surface area contributed by atoms with E-state index in [-0.39, 0.29) is 12.2 Å². The topological polar surface area (TPSA) is 149 Å². The number of carboxylic acids is 4. The van der Waals surface area contributed by atoms with E-state index in [1.807, 2.05) is 0 Å². The summed E-state index contributed by atoms with van der Waals surface area (Å²) in [5.74, 6) is -10.2. The van der Waals surface area contributed by atoms with Gasteiger partial charge in [-0.2, -0.15) is 0 Å². The van der Waals surface area contributed by atoms with Crippen molar-refractivity contribution in [1.29, 1.82) is 0 Å². The quantitative estimate of drug-likeness (QED) is 0.536. The van der Waals surface area contributed by atoms with Crippen LogP contribution >= 0.6 is 0 Å². The summed E-state index contributed by atoms with van der Waals surface area (Å²) in [5.41, 5.74) is -5.62. The first-order valence-corrected chi connectivity index (χ1v) is 4.68. The Bertz CT molecular complexity index is 546. The van der Waals surface area contributed by atoms with Crippen LogP contribution in [0.5, 0.6) is 0 Å². The monoisotopic (exact) mass is 274 g/mol. The average Bonchev–Trinajstić information content (AvgIpc) is 2.27. The van der Waals surface area contributed by atoms with Gasteiger partial charge in [0.15, 0.2) is 0 Å². The molecule has 1 rings (SSSR count). The van der Waals surface area contributed by atoms with E-state index in [0.29, 0.717) is 0 Å². The van der Waals surface area contributed by atoms with Gasteiger partial charge in [-0.1, -0.05) is 6.08 Å².